The second kappa shape index (κ2) is 14.0. The van der Waals surface area contributed by atoms with Crippen LogP contribution < -0.4 is 15.4 Å². The van der Waals surface area contributed by atoms with Gasteiger partial charge >= 0.3 is 5.97 Å². The number of aromatic nitrogens is 1. The zero-order valence-electron chi connectivity index (χ0n) is 23.4. The lowest BCUT2D eigenvalue weighted by Crippen LogP contribution is -2.39. The molecule has 0 spiro atoms. The van der Waals surface area contributed by atoms with Gasteiger partial charge < -0.3 is 30.6 Å². The van der Waals surface area contributed by atoms with E-state index in [1.807, 2.05) is 44.3 Å². The molecule has 0 unspecified atom stereocenters. The maximum absolute atomic E-state index is 13.4. The van der Waals surface area contributed by atoms with E-state index in [4.69, 9.17) is 9.84 Å². The van der Waals surface area contributed by atoms with E-state index in [1.54, 1.807) is 42.5 Å². The molecule has 0 aliphatic rings. The fourth-order valence-electron chi connectivity index (χ4n) is 4.40. The van der Waals surface area contributed by atoms with Crippen LogP contribution in [-0.2, 0) is 11.2 Å². The smallest absolute Gasteiger partial charge is 0.305 e. The highest BCUT2D eigenvalue weighted by molar-refractivity contribution is 5.98. The molecule has 0 aliphatic carbocycles. The number of amides is 2. The highest BCUT2D eigenvalue weighted by atomic mass is 16.5. The van der Waals surface area contributed by atoms with Crippen molar-refractivity contribution >= 4 is 28.7 Å². The third kappa shape index (κ3) is 7.99. The van der Waals surface area contributed by atoms with Crippen molar-refractivity contribution in [3.8, 4) is 17.6 Å². The second-order valence-corrected chi connectivity index (χ2v) is 10.0. The van der Waals surface area contributed by atoms with Gasteiger partial charge in [-0.25, -0.2) is 0 Å². The van der Waals surface area contributed by atoms with Crippen molar-refractivity contribution in [2.75, 3.05) is 13.2 Å². The van der Waals surface area contributed by atoms with Crippen molar-refractivity contribution in [3.05, 3.63) is 101 Å². The number of rotatable bonds is 11. The molecule has 2 amide bonds. The molecule has 9 nitrogen and oxygen atoms in total. The molecule has 5 N–H and O–H groups in total. The molecule has 0 bridgehead atoms. The predicted molar refractivity (Wildman–Crippen MR) is 160 cm³/mol. The van der Waals surface area contributed by atoms with Gasteiger partial charge in [0, 0.05) is 40.3 Å². The Kier molecular flexibility index (Phi) is 9.98. The van der Waals surface area contributed by atoms with Crippen LogP contribution in [0.15, 0.2) is 72.9 Å². The molecule has 1 atom stereocenters. The Morgan fingerprint density at radius 3 is 2.45 bits per heavy atom. The van der Waals surface area contributed by atoms with Crippen molar-refractivity contribution < 1.29 is 29.3 Å². The van der Waals surface area contributed by atoms with E-state index in [0.29, 0.717) is 34.4 Å². The van der Waals surface area contributed by atoms with Crippen molar-refractivity contribution in [3.63, 3.8) is 0 Å². The molecule has 4 rings (SSSR count). The lowest BCUT2D eigenvalue weighted by Gasteiger charge is -2.19. The van der Waals surface area contributed by atoms with Gasteiger partial charge in [0.25, 0.3) is 11.8 Å². The quantitative estimate of drug-likeness (QED) is 0.174. The maximum Gasteiger partial charge on any atom is 0.305 e. The first-order chi connectivity index (χ1) is 20.2. The van der Waals surface area contributed by atoms with E-state index in [-0.39, 0.29) is 31.6 Å². The molecule has 0 radical (unpaired) electrons. The van der Waals surface area contributed by atoms with Gasteiger partial charge in [-0.3, -0.25) is 14.4 Å². The molecule has 0 saturated heterocycles. The Labute approximate surface area is 243 Å². The highest BCUT2D eigenvalue weighted by Crippen LogP contribution is 2.23. The summed E-state index contributed by atoms with van der Waals surface area (Å²) in [7, 11) is 0. The Hall–Kier alpha value is -5.07. The minimum absolute atomic E-state index is 0.0264. The summed E-state index contributed by atoms with van der Waals surface area (Å²) in [5.74, 6) is 4.68. The lowest BCUT2D eigenvalue weighted by atomic mass is 10.0. The van der Waals surface area contributed by atoms with Crippen molar-refractivity contribution in [1.29, 1.82) is 0 Å². The summed E-state index contributed by atoms with van der Waals surface area (Å²) < 4.78 is 5.89. The first kappa shape index (κ1) is 29.9. The van der Waals surface area contributed by atoms with Gasteiger partial charge in [0.2, 0.25) is 0 Å². The molecule has 0 saturated carbocycles. The molecule has 4 aromatic rings. The summed E-state index contributed by atoms with van der Waals surface area (Å²) in [6, 6.07) is 19.1. The summed E-state index contributed by atoms with van der Waals surface area (Å²) in [5.41, 5.74) is 3.76. The van der Waals surface area contributed by atoms with Crippen LogP contribution in [0.4, 0.5) is 0 Å². The molecule has 0 fully saturated rings. The number of ether oxygens (including phenoxy) is 1. The van der Waals surface area contributed by atoms with Gasteiger partial charge in [0.05, 0.1) is 30.7 Å². The van der Waals surface area contributed by atoms with Gasteiger partial charge in [-0.05, 0) is 68.3 Å². The van der Waals surface area contributed by atoms with Crippen LogP contribution in [0.1, 0.15) is 57.7 Å². The van der Waals surface area contributed by atoms with Gasteiger partial charge in [-0.1, -0.05) is 36.1 Å². The summed E-state index contributed by atoms with van der Waals surface area (Å²) in [4.78, 5) is 39.7. The van der Waals surface area contributed by atoms with Crippen molar-refractivity contribution in [2.24, 2.45) is 0 Å². The highest BCUT2D eigenvalue weighted by Gasteiger charge is 2.20. The molecule has 42 heavy (non-hydrogen) atoms. The van der Waals surface area contributed by atoms with Crippen LogP contribution in [0.25, 0.3) is 10.9 Å². The minimum Gasteiger partial charge on any atom is -0.490 e. The normalized spacial score (nSPS) is 11.4. The topological polar surface area (TPSA) is 141 Å². The van der Waals surface area contributed by atoms with Crippen LogP contribution in [0.3, 0.4) is 0 Å². The molecule has 1 aromatic heterocycles. The summed E-state index contributed by atoms with van der Waals surface area (Å²) in [5, 5.41) is 25.4. The van der Waals surface area contributed by atoms with Crippen molar-refractivity contribution in [2.45, 2.75) is 38.8 Å². The Balaban J connectivity index is 1.53. The van der Waals surface area contributed by atoms with Crippen LogP contribution in [0, 0.1) is 11.8 Å². The number of carbonyl (C=O) groups excluding carboxylic acids is 2. The van der Waals surface area contributed by atoms with E-state index in [2.05, 4.69) is 27.5 Å². The standard InChI is InChI=1S/C33H33N3O6/c1-21(2)42-30-13-12-23(11-10-22-6-5-7-24(16-22)32(40)34-15-14-31(38)39)17-28(30)33(41)36-26(20-37)18-25-19-35-29-9-4-3-8-27(25)29/h3-9,12-13,16-17,19,21,26,35,37H,14-15,18,20H2,1-2H3,(H,34,40)(H,36,41)(H,38,39)/t26-/m1/s1. The number of carboxylic acid groups (broad SMARTS) is 1. The molecular formula is C33H33N3O6. The van der Waals surface area contributed by atoms with E-state index < -0.39 is 17.9 Å². The summed E-state index contributed by atoms with van der Waals surface area (Å²) >= 11 is 0. The van der Waals surface area contributed by atoms with Crippen LogP contribution in [-0.4, -0.2) is 58.3 Å². The number of aromatic amines is 1. The summed E-state index contributed by atoms with van der Waals surface area (Å²) in [6.45, 7) is 3.52. The predicted octanol–water partition coefficient (Wildman–Crippen LogP) is 3.89. The van der Waals surface area contributed by atoms with Crippen LogP contribution in [0.2, 0.25) is 0 Å². The molecule has 1 heterocycles. The van der Waals surface area contributed by atoms with E-state index >= 15 is 0 Å². The first-order valence-electron chi connectivity index (χ1n) is 13.6. The number of fused-ring (bicyclic) bond motifs is 1. The molecule has 9 heteroatoms. The number of hydrogen-bond acceptors (Lipinski definition) is 5. The Bertz CT molecular complexity index is 1650. The first-order valence-corrected chi connectivity index (χ1v) is 13.6. The minimum atomic E-state index is -0.992. The number of aliphatic hydroxyl groups is 1. The van der Waals surface area contributed by atoms with Crippen LogP contribution in [0.5, 0.6) is 5.75 Å². The fraction of sp³-hybridized carbons (Fsp3) is 0.242. The van der Waals surface area contributed by atoms with Crippen LogP contribution >= 0.6 is 0 Å². The zero-order chi connectivity index (χ0) is 30.1. The number of H-pyrrole nitrogens is 1. The average molecular weight is 568 g/mol. The third-order valence-corrected chi connectivity index (χ3v) is 6.38. The SMILES string of the molecule is CC(C)Oc1ccc(C#Cc2cccc(C(=O)NCCC(=O)O)c2)cc1C(=O)N[C@@H](CO)Cc1c[nH]c2ccccc12. The lowest BCUT2D eigenvalue weighted by molar-refractivity contribution is -0.136. The second-order valence-electron chi connectivity index (χ2n) is 10.0. The number of carboxylic acids is 1. The molecule has 3 aromatic carbocycles. The number of para-hydroxylation sites is 1. The number of aliphatic carboxylic acids is 1. The van der Waals surface area contributed by atoms with Gasteiger partial charge in [0.1, 0.15) is 5.75 Å². The van der Waals surface area contributed by atoms with Gasteiger partial charge in [-0.15, -0.1) is 0 Å². The fourth-order valence-corrected chi connectivity index (χ4v) is 4.40. The maximum atomic E-state index is 13.4. The molecular weight excluding hydrogens is 534 g/mol. The molecule has 0 aliphatic heterocycles. The number of hydrogen-bond donors (Lipinski definition) is 5. The van der Waals surface area contributed by atoms with Gasteiger partial charge in [-0.2, -0.15) is 0 Å². The number of benzene rings is 3. The zero-order valence-corrected chi connectivity index (χ0v) is 23.4. The summed E-state index contributed by atoms with van der Waals surface area (Å²) in [6.07, 6.45) is 1.99. The van der Waals surface area contributed by atoms with E-state index in [1.165, 1.54) is 0 Å². The van der Waals surface area contributed by atoms with Crippen molar-refractivity contribution in [1.82, 2.24) is 15.6 Å². The van der Waals surface area contributed by atoms with Gasteiger partial charge in [0.15, 0.2) is 0 Å². The third-order valence-electron chi connectivity index (χ3n) is 6.38. The Morgan fingerprint density at radius 1 is 0.952 bits per heavy atom. The number of carbonyl (C=O) groups is 3. The average Bonchev–Trinajstić information content (AvgIpc) is 3.38. The number of nitrogens with one attached hydrogen (secondary N) is 3. The number of aliphatic hydroxyl groups excluding tert-OH is 1. The monoisotopic (exact) mass is 567 g/mol. The molecule has 216 valence electrons. The Morgan fingerprint density at radius 2 is 1.71 bits per heavy atom. The van der Waals surface area contributed by atoms with E-state index in [0.717, 1.165) is 16.5 Å². The van der Waals surface area contributed by atoms with E-state index in [9.17, 15) is 19.5 Å². The largest absolute Gasteiger partial charge is 0.490 e.